The topological polar surface area (TPSA) is 65.1 Å². The van der Waals surface area contributed by atoms with E-state index in [1.165, 1.54) is 25.7 Å². The Morgan fingerprint density at radius 3 is 2.71 bits per heavy atom. The number of ketones is 1. The summed E-state index contributed by atoms with van der Waals surface area (Å²) >= 11 is 0. The maximum atomic E-state index is 12.4. The van der Waals surface area contributed by atoms with Gasteiger partial charge in [-0.1, -0.05) is 26.8 Å². The van der Waals surface area contributed by atoms with Gasteiger partial charge in [-0.15, -0.1) is 0 Å². The molecule has 11 atom stereocenters. The first-order chi connectivity index (χ1) is 14.8. The predicted molar refractivity (Wildman–Crippen MR) is 114 cm³/mol. The molecule has 0 bridgehead atoms. The number of ether oxygens (including phenoxy) is 3. The molecule has 1 spiro atoms. The average Bonchev–Trinajstić information content (AvgIpc) is 3.37. The van der Waals surface area contributed by atoms with E-state index >= 15 is 0 Å². The van der Waals surface area contributed by atoms with Crippen molar-refractivity contribution in [2.75, 3.05) is 6.61 Å². The molecular weight excluding hydrogens is 392 g/mol. The Morgan fingerprint density at radius 2 is 1.94 bits per heavy atom. The van der Waals surface area contributed by atoms with Crippen LogP contribution in [0.25, 0.3) is 0 Å². The summed E-state index contributed by atoms with van der Waals surface area (Å²) in [6, 6.07) is 0. The molecule has 0 radical (unpaired) electrons. The van der Waals surface area contributed by atoms with Crippen molar-refractivity contribution in [3.63, 3.8) is 0 Å². The van der Waals surface area contributed by atoms with Crippen LogP contribution in [0.4, 0.5) is 0 Å². The maximum absolute atomic E-state index is 12.4. The molecule has 170 valence electrons. The van der Waals surface area contributed by atoms with Crippen LogP contribution in [-0.4, -0.2) is 36.4 Å². The summed E-state index contributed by atoms with van der Waals surface area (Å²) in [6.07, 6.45) is 10.3. The lowest BCUT2D eigenvalue weighted by Gasteiger charge is -2.65. The quantitative estimate of drug-likeness (QED) is 0.380. The number of carbonyl (C=O) groups is 2. The minimum atomic E-state index is -0.442. The van der Waals surface area contributed by atoms with Crippen LogP contribution in [0.2, 0.25) is 0 Å². The summed E-state index contributed by atoms with van der Waals surface area (Å²) in [5.41, 5.74) is 0.437. The molecule has 5 nitrogen and oxygen atoms in total. The molecule has 31 heavy (non-hydrogen) atoms. The van der Waals surface area contributed by atoms with Gasteiger partial charge in [0.1, 0.15) is 12.2 Å². The molecule has 0 aromatic carbocycles. The Hall–Kier alpha value is -1.20. The first-order valence-electron chi connectivity index (χ1n) is 12.5. The van der Waals surface area contributed by atoms with Crippen molar-refractivity contribution >= 4 is 11.8 Å². The van der Waals surface area contributed by atoms with Gasteiger partial charge in [0.25, 0.3) is 0 Å². The molecule has 0 amide bonds. The molecule has 6 rings (SSSR count). The Kier molecular flexibility index (Phi) is 4.24. The van der Waals surface area contributed by atoms with Crippen LogP contribution in [0.5, 0.6) is 0 Å². The van der Waals surface area contributed by atoms with E-state index in [0.29, 0.717) is 48.4 Å². The summed E-state index contributed by atoms with van der Waals surface area (Å²) in [7, 11) is 0. The first kappa shape index (κ1) is 20.4. The van der Waals surface area contributed by atoms with E-state index in [-0.39, 0.29) is 34.9 Å². The van der Waals surface area contributed by atoms with Gasteiger partial charge in [-0.25, -0.2) is 4.79 Å². The molecule has 4 saturated carbocycles. The minimum absolute atomic E-state index is 0.170. The van der Waals surface area contributed by atoms with Crippen molar-refractivity contribution < 1.29 is 23.8 Å². The van der Waals surface area contributed by atoms with Crippen molar-refractivity contribution in [1.29, 1.82) is 0 Å². The first-order valence-corrected chi connectivity index (χ1v) is 12.5. The predicted octanol–water partition coefficient (Wildman–Crippen LogP) is 4.29. The highest BCUT2D eigenvalue weighted by Crippen LogP contribution is 2.78. The van der Waals surface area contributed by atoms with Gasteiger partial charge >= 0.3 is 5.97 Å². The van der Waals surface area contributed by atoms with Gasteiger partial charge in [0, 0.05) is 12.5 Å². The molecule has 2 heterocycles. The Bertz CT molecular complexity index is 851. The highest BCUT2D eigenvalue weighted by Gasteiger charge is 2.86. The van der Waals surface area contributed by atoms with E-state index in [2.05, 4.69) is 26.8 Å². The number of hydrogen-bond donors (Lipinski definition) is 0. The number of rotatable bonds is 4. The zero-order valence-electron chi connectivity index (χ0n) is 19.3. The lowest BCUT2D eigenvalue weighted by molar-refractivity contribution is -0.310. The molecule has 0 N–H and O–H groups in total. The minimum Gasteiger partial charge on any atom is -0.463 e. The second-order valence-electron chi connectivity index (χ2n) is 11.7. The van der Waals surface area contributed by atoms with Crippen molar-refractivity contribution in [1.82, 2.24) is 0 Å². The lowest BCUT2D eigenvalue weighted by atomic mass is 9.42. The van der Waals surface area contributed by atoms with Gasteiger partial charge in [-0.2, -0.15) is 0 Å². The normalized spacial score (nSPS) is 54.8. The van der Waals surface area contributed by atoms with Crippen LogP contribution >= 0.6 is 0 Å². The third kappa shape index (κ3) is 2.45. The van der Waals surface area contributed by atoms with E-state index < -0.39 is 5.79 Å². The SMILES string of the molecule is CCOC(=O)/C=C/[C@@H](C)C1CCC2C3C(CC[C@@]21C)[C@@]1(C)CCC(=O)C2O[C@@]4(O[C@@H]34)C21. The fourth-order valence-corrected chi connectivity index (χ4v) is 9.34. The van der Waals surface area contributed by atoms with E-state index in [1.807, 2.05) is 6.92 Å². The molecule has 2 saturated heterocycles. The van der Waals surface area contributed by atoms with Gasteiger partial charge in [0.15, 0.2) is 5.78 Å². The van der Waals surface area contributed by atoms with Crippen LogP contribution in [0.15, 0.2) is 12.2 Å². The average molecular weight is 429 g/mol. The molecule has 4 aliphatic carbocycles. The van der Waals surface area contributed by atoms with Crippen molar-refractivity contribution in [2.45, 2.75) is 84.2 Å². The second kappa shape index (κ2) is 6.44. The third-order valence-corrected chi connectivity index (χ3v) is 10.7. The van der Waals surface area contributed by atoms with Gasteiger partial charge in [0.05, 0.1) is 12.5 Å². The summed E-state index contributed by atoms with van der Waals surface area (Å²) in [5, 5.41) is 0. The zero-order chi connectivity index (χ0) is 21.8. The Morgan fingerprint density at radius 1 is 1.16 bits per heavy atom. The highest BCUT2D eigenvalue weighted by molar-refractivity contribution is 5.86. The van der Waals surface area contributed by atoms with E-state index in [0.717, 1.165) is 6.42 Å². The summed E-state index contributed by atoms with van der Waals surface area (Å²) in [4.78, 5) is 24.3. The number of Topliss-reactive ketones (excluding diaryl/α,β-unsaturated/α-hetero) is 1. The van der Waals surface area contributed by atoms with E-state index in [9.17, 15) is 9.59 Å². The third-order valence-electron chi connectivity index (χ3n) is 10.7. The number of fused-ring (bicyclic) bond motifs is 5. The van der Waals surface area contributed by atoms with Crippen LogP contribution in [0.3, 0.4) is 0 Å². The molecule has 0 aromatic rings. The van der Waals surface area contributed by atoms with Crippen molar-refractivity contribution in [3.8, 4) is 0 Å². The van der Waals surface area contributed by atoms with Gasteiger partial charge in [0.2, 0.25) is 5.79 Å². The number of allylic oxidation sites excluding steroid dienone is 1. The number of esters is 1. The smallest absolute Gasteiger partial charge is 0.330 e. The fraction of sp³-hybridized carbons (Fsp3) is 0.846. The molecule has 6 aliphatic rings. The largest absolute Gasteiger partial charge is 0.463 e. The summed E-state index contributed by atoms with van der Waals surface area (Å²) in [5.74, 6) is 2.65. The van der Waals surface area contributed by atoms with Crippen LogP contribution < -0.4 is 0 Å². The Balaban J connectivity index is 1.26. The van der Waals surface area contributed by atoms with Gasteiger partial charge in [-0.3, -0.25) is 4.79 Å². The molecular formula is C26H36O5. The second-order valence-corrected chi connectivity index (χ2v) is 11.7. The van der Waals surface area contributed by atoms with Crippen LogP contribution in [0, 0.1) is 46.3 Å². The van der Waals surface area contributed by atoms with Crippen LogP contribution in [0.1, 0.15) is 66.2 Å². The Labute approximate surface area is 185 Å². The number of hydrogen-bond acceptors (Lipinski definition) is 5. The molecule has 6 fully saturated rings. The standard InChI is InChI=1S/C26H36O5/c1-5-29-19(28)9-6-14(2)15-7-8-16-20-17(10-12-24(15,16)3)25(4)13-11-18(27)21-22(25)26(30-21)23(20)31-26/h6,9,14-17,20-23H,5,7-8,10-13H2,1-4H3/b9-6+/t14-,15?,16?,17?,20?,21?,22?,23+,24-,25-,26-/m1/s1. The summed E-state index contributed by atoms with van der Waals surface area (Å²) in [6.45, 7) is 9.46. The van der Waals surface area contributed by atoms with Crippen molar-refractivity contribution in [3.05, 3.63) is 12.2 Å². The molecule has 0 aromatic heterocycles. The summed E-state index contributed by atoms with van der Waals surface area (Å²) < 4.78 is 17.7. The van der Waals surface area contributed by atoms with Crippen LogP contribution in [-0.2, 0) is 23.8 Å². The molecule has 5 heteroatoms. The van der Waals surface area contributed by atoms with E-state index in [1.54, 1.807) is 6.08 Å². The van der Waals surface area contributed by atoms with Gasteiger partial charge < -0.3 is 14.2 Å². The highest BCUT2D eigenvalue weighted by atomic mass is 16.8. The van der Waals surface area contributed by atoms with E-state index in [4.69, 9.17) is 14.2 Å². The number of epoxide rings is 1. The number of carbonyl (C=O) groups excluding carboxylic acids is 2. The monoisotopic (exact) mass is 428 g/mol. The lowest BCUT2D eigenvalue weighted by Crippen LogP contribution is -2.72. The zero-order valence-corrected chi connectivity index (χ0v) is 19.3. The van der Waals surface area contributed by atoms with Crippen molar-refractivity contribution in [2.24, 2.45) is 46.3 Å². The maximum Gasteiger partial charge on any atom is 0.330 e. The molecule has 2 aliphatic heterocycles. The fourth-order valence-electron chi connectivity index (χ4n) is 9.34. The molecule has 6 unspecified atom stereocenters. The van der Waals surface area contributed by atoms with Gasteiger partial charge in [-0.05, 0) is 79.4 Å².